The van der Waals surface area contributed by atoms with Crippen LogP contribution in [-0.4, -0.2) is 23.3 Å². The van der Waals surface area contributed by atoms with E-state index in [1.54, 1.807) is 45.0 Å². The van der Waals surface area contributed by atoms with E-state index >= 15 is 0 Å². The maximum absolute atomic E-state index is 11.5. The van der Waals surface area contributed by atoms with E-state index in [1.807, 2.05) is 0 Å². The number of ether oxygens (including phenoxy) is 1. The molecule has 0 amide bonds. The SMILES string of the molecule is CCOC(=O)c1cccc(C#CC(C)(C)O)c1. The largest absolute Gasteiger partial charge is 0.462 e. The van der Waals surface area contributed by atoms with Crippen LogP contribution in [0.3, 0.4) is 0 Å². The van der Waals surface area contributed by atoms with Crippen molar-refractivity contribution in [1.29, 1.82) is 0 Å². The van der Waals surface area contributed by atoms with Gasteiger partial charge in [0.2, 0.25) is 0 Å². The van der Waals surface area contributed by atoms with Crippen LogP contribution < -0.4 is 0 Å². The van der Waals surface area contributed by atoms with Crippen LogP contribution in [0, 0.1) is 11.8 Å². The molecule has 0 bridgehead atoms. The average molecular weight is 232 g/mol. The summed E-state index contributed by atoms with van der Waals surface area (Å²) < 4.78 is 4.89. The molecule has 0 aliphatic rings. The third-order valence-electron chi connectivity index (χ3n) is 1.89. The Hall–Kier alpha value is -1.79. The summed E-state index contributed by atoms with van der Waals surface area (Å²) in [6.07, 6.45) is 0. The Morgan fingerprint density at radius 3 is 2.76 bits per heavy atom. The van der Waals surface area contributed by atoms with E-state index < -0.39 is 5.60 Å². The van der Waals surface area contributed by atoms with Gasteiger partial charge in [0, 0.05) is 5.56 Å². The number of rotatable bonds is 2. The molecule has 0 aromatic heterocycles. The van der Waals surface area contributed by atoms with Gasteiger partial charge >= 0.3 is 5.97 Å². The number of esters is 1. The second-order valence-corrected chi connectivity index (χ2v) is 4.11. The van der Waals surface area contributed by atoms with Gasteiger partial charge in [0.25, 0.3) is 0 Å². The van der Waals surface area contributed by atoms with E-state index in [2.05, 4.69) is 11.8 Å². The van der Waals surface area contributed by atoms with Crippen LogP contribution >= 0.6 is 0 Å². The van der Waals surface area contributed by atoms with Gasteiger partial charge in [0.1, 0.15) is 5.60 Å². The molecule has 0 spiro atoms. The average Bonchev–Trinajstić information content (AvgIpc) is 2.26. The van der Waals surface area contributed by atoms with E-state index in [4.69, 9.17) is 4.74 Å². The molecular formula is C14H16O3. The molecule has 0 saturated carbocycles. The van der Waals surface area contributed by atoms with Crippen molar-refractivity contribution >= 4 is 5.97 Å². The van der Waals surface area contributed by atoms with Gasteiger partial charge in [-0.1, -0.05) is 17.9 Å². The summed E-state index contributed by atoms with van der Waals surface area (Å²) in [5.41, 5.74) is 0.104. The van der Waals surface area contributed by atoms with Crippen molar-refractivity contribution in [2.24, 2.45) is 0 Å². The molecule has 1 aromatic rings. The highest BCUT2D eigenvalue weighted by Crippen LogP contribution is 2.07. The number of carbonyl (C=O) groups is 1. The van der Waals surface area contributed by atoms with E-state index in [-0.39, 0.29) is 5.97 Å². The van der Waals surface area contributed by atoms with E-state index in [0.29, 0.717) is 17.7 Å². The van der Waals surface area contributed by atoms with Crippen LogP contribution in [0.5, 0.6) is 0 Å². The molecule has 0 saturated heterocycles. The predicted molar refractivity (Wildman–Crippen MR) is 65.6 cm³/mol. The number of benzene rings is 1. The predicted octanol–water partition coefficient (Wildman–Crippen LogP) is 1.99. The monoisotopic (exact) mass is 232 g/mol. The quantitative estimate of drug-likeness (QED) is 0.626. The number of hydrogen-bond donors (Lipinski definition) is 1. The van der Waals surface area contributed by atoms with Gasteiger partial charge in [-0.2, -0.15) is 0 Å². The maximum Gasteiger partial charge on any atom is 0.338 e. The topological polar surface area (TPSA) is 46.5 Å². The normalized spacial score (nSPS) is 10.4. The lowest BCUT2D eigenvalue weighted by molar-refractivity contribution is 0.0526. The van der Waals surface area contributed by atoms with Gasteiger partial charge in [-0.05, 0) is 39.0 Å². The molecule has 1 N–H and O–H groups in total. The lowest BCUT2D eigenvalue weighted by atomic mass is 10.1. The van der Waals surface area contributed by atoms with Gasteiger partial charge in [-0.3, -0.25) is 0 Å². The highest BCUT2D eigenvalue weighted by atomic mass is 16.5. The van der Waals surface area contributed by atoms with Gasteiger partial charge in [-0.15, -0.1) is 0 Å². The van der Waals surface area contributed by atoms with Crippen LogP contribution in [0.4, 0.5) is 0 Å². The second kappa shape index (κ2) is 5.51. The minimum atomic E-state index is -1.04. The molecule has 17 heavy (non-hydrogen) atoms. The second-order valence-electron chi connectivity index (χ2n) is 4.11. The summed E-state index contributed by atoms with van der Waals surface area (Å²) >= 11 is 0. The Bertz CT molecular complexity index is 458. The minimum absolute atomic E-state index is 0.346. The lowest BCUT2D eigenvalue weighted by Crippen LogP contribution is -2.14. The van der Waals surface area contributed by atoms with Crippen LogP contribution in [0.1, 0.15) is 36.7 Å². The molecule has 0 aliphatic heterocycles. The zero-order valence-electron chi connectivity index (χ0n) is 10.3. The van der Waals surface area contributed by atoms with Crippen molar-refractivity contribution < 1.29 is 14.6 Å². The fraction of sp³-hybridized carbons (Fsp3) is 0.357. The molecule has 0 fully saturated rings. The zero-order chi connectivity index (χ0) is 12.9. The van der Waals surface area contributed by atoms with Crippen molar-refractivity contribution in [2.75, 3.05) is 6.61 Å². The third-order valence-corrected chi connectivity index (χ3v) is 1.89. The van der Waals surface area contributed by atoms with Gasteiger partial charge in [0.15, 0.2) is 0 Å². The zero-order valence-corrected chi connectivity index (χ0v) is 10.3. The summed E-state index contributed by atoms with van der Waals surface area (Å²) in [6, 6.07) is 6.84. The third kappa shape index (κ3) is 4.71. The fourth-order valence-electron chi connectivity index (χ4n) is 1.16. The first-order chi connectivity index (χ1) is 7.92. The fourth-order valence-corrected chi connectivity index (χ4v) is 1.16. The maximum atomic E-state index is 11.5. The molecule has 0 radical (unpaired) electrons. The molecule has 3 nitrogen and oxygen atoms in total. The van der Waals surface area contributed by atoms with Crippen LogP contribution in [0.25, 0.3) is 0 Å². The Balaban J connectivity index is 2.93. The Kier molecular flexibility index (Phi) is 4.30. The molecule has 1 rings (SSSR count). The van der Waals surface area contributed by atoms with Crippen molar-refractivity contribution in [3.63, 3.8) is 0 Å². The Morgan fingerprint density at radius 1 is 1.47 bits per heavy atom. The molecule has 0 aliphatic carbocycles. The molecule has 1 aromatic carbocycles. The van der Waals surface area contributed by atoms with Crippen molar-refractivity contribution in [3.8, 4) is 11.8 Å². The number of hydrogen-bond acceptors (Lipinski definition) is 3. The lowest BCUT2D eigenvalue weighted by Gasteiger charge is -2.06. The molecule has 90 valence electrons. The minimum Gasteiger partial charge on any atom is -0.462 e. The van der Waals surface area contributed by atoms with Crippen molar-refractivity contribution in [1.82, 2.24) is 0 Å². The number of carbonyl (C=O) groups excluding carboxylic acids is 1. The summed E-state index contributed by atoms with van der Waals surface area (Å²) in [5, 5.41) is 9.48. The van der Waals surface area contributed by atoms with Crippen LogP contribution in [-0.2, 0) is 4.74 Å². The number of aliphatic hydroxyl groups is 1. The summed E-state index contributed by atoms with van der Waals surface area (Å²) in [4.78, 5) is 11.5. The summed E-state index contributed by atoms with van der Waals surface area (Å²) in [5.74, 6) is 5.14. The van der Waals surface area contributed by atoms with Crippen LogP contribution in [0.2, 0.25) is 0 Å². The smallest absolute Gasteiger partial charge is 0.338 e. The van der Waals surface area contributed by atoms with Crippen molar-refractivity contribution in [2.45, 2.75) is 26.4 Å². The van der Waals surface area contributed by atoms with Crippen LogP contribution in [0.15, 0.2) is 24.3 Å². The Labute approximate surface area is 101 Å². The standard InChI is InChI=1S/C14H16O3/c1-4-17-13(15)12-7-5-6-11(10-12)8-9-14(2,3)16/h5-7,10,16H,4H2,1-3H3. The molecule has 0 atom stereocenters. The van der Waals surface area contributed by atoms with Gasteiger partial charge in [0.05, 0.1) is 12.2 Å². The highest BCUT2D eigenvalue weighted by Gasteiger charge is 2.07. The summed E-state index contributed by atoms with van der Waals surface area (Å²) in [6.45, 7) is 5.32. The highest BCUT2D eigenvalue weighted by molar-refractivity contribution is 5.89. The van der Waals surface area contributed by atoms with Gasteiger partial charge in [-0.25, -0.2) is 4.79 Å². The van der Waals surface area contributed by atoms with E-state index in [0.717, 1.165) is 0 Å². The molecular weight excluding hydrogens is 216 g/mol. The van der Waals surface area contributed by atoms with E-state index in [1.165, 1.54) is 0 Å². The van der Waals surface area contributed by atoms with Gasteiger partial charge < -0.3 is 9.84 Å². The first-order valence-corrected chi connectivity index (χ1v) is 5.45. The Morgan fingerprint density at radius 2 is 2.18 bits per heavy atom. The first kappa shape index (κ1) is 13.3. The first-order valence-electron chi connectivity index (χ1n) is 5.45. The molecule has 0 unspecified atom stereocenters. The summed E-state index contributed by atoms with van der Waals surface area (Å²) in [7, 11) is 0. The molecule has 0 heterocycles. The van der Waals surface area contributed by atoms with E-state index in [9.17, 15) is 9.90 Å². The van der Waals surface area contributed by atoms with Crippen molar-refractivity contribution in [3.05, 3.63) is 35.4 Å². The molecule has 3 heteroatoms.